The molecule has 1 rings (SSSR count). The average molecular weight is 217 g/mol. The van der Waals surface area contributed by atoms with Gasteiger partial charge >= 0.3 is 0 Å². The van der Waals surface area contributed by atoms with E-state index in [9.17, 15) is 0 Å². The monoisotopic (exact) mass is 217 g/mol. The fourth-order valence-corrected chi connectivity index (χ4v) is 1.46. The Kier molecular flexibility index (Phi) is 5.12. The van der Waals surface area contributed by atoms with Gasteiger partial charge in [0.25, 0.3) is 0 Å². The number of nitrogens with zero attached hydrogens (tertiary/aromatic N) is 1. The first kappa shape index (κ1) is 12.3. The molecule has 0 spiro atoms. The van der Waals surface area contributed by atoms with Crippen LogP contribution in [0, 0.1) is 0 Å². The standard InChI is InChI=1S/C13H19N3/c1-3-9-15-13(14)16-10-12-8-6-5-7-11(12)4-2/h3,5-8H,1,4,9-10H2,2H3,(H3,14,15,16). The average Bonchev–Trinajstić information content (AvgIpc) is 2.34. The quantitative estimate of drug-likeness (QED) is 0.449. The van der Waals surface area contributed by atoms with E-state index in [-0.39, 0.29) is 0 Å². The highest BCUT2D eigenvalue weighted by Crippen LogP contribution is 2.10. The van der Waals surface area contributed by atoms with Crippen molar-refractivity contribution in [2.45, 2.75) is 19.9 Å². The van der Waals surface area contributed by atoms with Crippen molar-refractivity contribution in [1.82, 2.24) is 5.32 Å². The maximum Gasteiger partial charge on any atom is 0.189 e. The number of aliphatic imine (C=N–C) groups is 1. The second-order valence-corrected chi connectivity index (χ2v) is 3.49. The van der Waals surface area contributed by atoms with Gasteiger partial charge in [-0.2, -0.15) is 0 Å². The lowest BCUT2D eigenvalue weighted by molar-refractivity contribution is 0.952. The van der Waals surface area contributed by atoms with E-state index in [1.165, 1.54) is 11.1 Å². The number of nitrogens with two attached hydrogens (primary N) is 1. The molecule has 0 heterocycles. The van der Waals surface area contributed by atoms with Crippen molar-refractivity contribution in [3.8, 4) is 0 Å². The molecule has 1 aromatic carbocycles. The summed E-state index contributed by atoms with van der Waals surface area (Å²) in [4.78, 5) is 4.28. The molecule has 0 aromatic heterocycles. The molecule has 0 atom stereocenters. The van der Waals surface area contributed by atoms with Crippen molar-refractivity contribution in [3.63, 3.8) is 0 Å². The minimum absolute atomic E-state index is 0.464. The molecule has 0 saturated carbocycles. The third-order valence-electron chi connectivity index (χ3n) is 2.35. The van der Waals surface area contributed by atoms with Gasteiger partial charge in [-0.1, -0.05) is 37.3 Å². The molecule has 0 aliphatic carbocycles. The Labute approximate surface area is 97.1 Å². The lowest BCUT2D eigenvalue weighted by atomic mass is 10.1. The van der Waals surface area contributed by atoms with E-state index in [1.54, 1.807) is 6.08 Å². The van der Waals surface area contributed by atoms with Gasteiger partial charge in [0.15, 0.2) is 5.96 Å². The van der Waals surface area contributed by atoms with Gasteiger partial charge in [0, 0.05) is 6.54 Å². The maximum absolute atomic E-state index is 5.69. The smallest absolute Gasteiger partial charge is 0.189 e. The predicted octanol–water partition coefficient (Wildman–Crippen LogP) is 1.84. The van der Waals surface area contributed by atoms with Gasteiger partial charge in [0.2, 0.25) is 0 Å². The van der Waals surface area contributed by atoms with E-state index in [1.807, 2.05) is 12.1 Å². The minimum Gasteiger partial charge on any atom is -0.370 e. The number of rotatable bonds is 5. The fraction of sp³-hybridized carbons (Fsp3) is 0.308. The third kappa shape index (κ3) is 3.77. The highest BCUT2D eigenvalue weighted by Gasteiger charge is 1.98. The summed E-state index contributed by atoms with van der Waals surface area (Å²) in [5.74, 6) is 0.464. The van der Waals surface area contributed by atoms with Gasteiger partial charge in [-0.25, -0.2) is 4.99 Å². The second kappa shape index (κ2) is 6.67. The van der Waals surface area contributed by atoms with Crippen LogP contribution in [0.2, 0.25) is 0 Å². The van der Waals surface area contributed by atoms with Crippen molar-refractivity contribution < 1.29 is 0 Å². The fourth-order valence-electron chi connectivity index (χ4n) is 1.46. The number of hydrogen-bond acceptors (Lipinski definition) is 1. The van der Waals surface area contributed by atoms with Crippen LogP contribution in [-0.4, -0.2) is 12.5 Å². The van der Waals surface area contributed by atoms with E-state index >= 15 is 0 Å². The van der Waals surface area contributed by atoms with Crippen LogP contribution in [0.3, 0.4) is 0 Å². The first-order valence-corrected chi connectivity index (χ1v) is 5.49. The molecule has 0 aliphatic heterocycles. The highest BCUT2D eigenvalue weighted by atomic mass is 15.1. The molecular weight excluding hydrogens is 198 g/mol. The lowest BCUT2D eigenvalue weighted by Crippen LogP contribution is -2.31. The minimum atomic E-state index is 0.464. The van der Waals surface area contributed by atoms with Crippen LogP contribution in [0.1, 0.15) is 18.1 Å². The summed E-state index contributed by atoms with van der Waals surface area (Å²) in [7, 11) is 0. The molecule has 0 saturated heterocycles. The number of guanidine groups is 1. The first-order valence-electron chi connectivity index (χ1n) is 5.49. The predicted molar refractivity (Wildman–Crippen MR) is 69.3 cm³/mol. The molecule has 0 amide bonds. The van der Waals surface area contributed by atoms with Crippen LogP contribution >= 0.6 is 0 Å². The van der Waals surface area contributed by atoms with E-state index in [4.69, 9.17) is 5.73 Å². The van der Waals surface area contributed by atoms with Crippen LogP contribution in [0.25, 0.3) is 0 Å². The van der Waals surface area contributed by atoms with Crippen molar-refractivity contribution >= 4 is 5.96 Å². The summed E-state index contributed by atoms with van der Waals surface area (Å²) >= 11 is 0. The van der Waals surface area contributed by atoms with Crippen LogP contribution in [0.5, 0.6) is 0 Å². The second-order valence-electron chi connectivity index (χ2n) is 3.49. The summed E-state index contributed by atoms with van der Waals surface area (Å²) in [5.41, 5.74) is 8.24. The largest absolute Gasteiger partial charge is 0.370 e. The summed E-state index contributed by atoms with van der Waals surface area (Å²) in [6.45, 7) is 7.01. The van der Waals surface area contributed by atoms with Crippen molar-refractivity contribution in [2.75, 3.05) is 6.54 Å². The summed E-state index contributed by atoms with van der Waals surface area (Å²) in [6.07, 6.45) is 2.77. The topological polar surface area (TPSA) is 50.4 Å². The summed E-state index contributed by atoms with van der Waals surface area (Å²) < 4.78 is 0. The number of aryl methyl sites for hydroxylation is 1. The van der Waals surface area contributed by atoms with Crippen LogP contribution < -0.4 is 11.1 Å². The van der Waals surface area contributed by atoms with Gasteiger partial charge in [-0.15, -0.1) is 6.58 Å². The van der Waals surface area contributed by atoms with Crippen LogP contribution in [0.4, 0.5) is 0 Å². The zero-order valence-corrected chi connectivity index (χ0v) is 9.74. The van der Waals surface area contributed by atoms with E-state index in [0.29, 0.717) is 19.0 Å². The molecule has 0 bridgehead atoms. The summed E-state index contributed by atoms with van der Waals surface area (Å²) in [6, 6.07) is 8.28. The molecule has 3 heteroatoms. The molecule has 3 nitrogen and oxygen atoms in total. The molecule has 0 unspecified atom stereocenters. The number of hydrogen-bond donors (Lipinski definition) is 2. The molecule has 0 radical (unpaired) electrons. The normalized spacial score (nSPS) is 11.2. The zero-order valence-electron chi connectivity index (χ0n) is 9.74. The molecule has 0 fully saturated rings. The Hall–Kier alpha value is -1.77. The van der Waals surface area contributed by atoms with Crippen LogP contribution in [-0.2, 0) is 13.0 Å². The molecular formula is C13H19N3. The van der Waals surface area contributed by atoms with E-state index in [2.05, 4.69) is 35.9 Å². The molecule has 3 N–H and O–H groups in total. The SMILES string of the molecule is C=CCNC(N)=NCc1ccccc1CC. The van der Waals surface area contributed by atoms with Gasteiger partial charge in [0.05, 0.1) is 6.54 Å². The van der Waals surface area contributed by atoms with Gasteiger partial charge in [0.1, 0.15) is 0 Å². The van der Waals surface area contributed by atoms with Crippen molar-refractivity contribution in [1.29, 1.82) is 0 Å². The van der Waals surface area contributed by atoms with Crippen LogP contribution in [0.15, 0.2) is 41.9 Å². The Morgan fingerprint density at radius 3 is 2.75 bits per heavy atom. The van der Waals surface area contributed by atoms with E-state index < -0.39 is 0 Å². The Morgan fingerprint density at radius 2 is 2.12 bits per heavy atom. The zero-order chi connectivity index (χ0) is 11.8. The van der Waals surface area contributed by atoms with Gasteiger partial charge in [-0.3, -0.25) is 0 Å². The van der Waals surface area contributed by atoms with Gasteiger partial charge < -0.3 is 11.1 Å². The number of nitrogens with one attached hydrogen (secondary N) is 1. The Bertz CT molecular complexity index is 369. The summed E-state index contributed by atoms with van der Waals surface area (Å²) in [5, 5.41) is 2.95. The highest BCUT2D eigenvalue weighted by molar-refractivity contribution is 5.77. The van der Waals surface area contributed by atoms with Gasteiger partial charge in [-0.05, 0) is 17.5 Å². The molecule has 16 heavy (non-hydrogen) atoms. The molecule has 86 valence electrons. The molecule has 1 aromatic rings. The first-order chi connectivity index (χ1) is 7.77. The lowest BCUT2D eigenvalue weighted by Gasteiger charge is -2.06. The third-order valence-corrected chi connectivity index (χ3v) is 2.35. The maximum atomic E-state index is 5.69. The molecule has 0 aliphatic rings. The van der Waals surface area contributed by atoms with E-state index in [0.717, 1.165) is 6.42 Å². The van der Waals surface area contributed by atoms with Crippen molar-refractivity contribution in [3.05, 3.63) is 48.0 Å². The Morgan fingerprint density at radius 1 is 1.44 bits per heavy atom. The van der Waals surface area contributed by atoms with Crippen molar-refractivity contribution in [2.24, 2.45) is 10.7 Å². The Balaban J connectivity index is 2.62. The number of benzene rings is 1.